The van der Waals surface area contributed by atoms with Crippen LogP contribution in [0.5, 0.6) is 11.5 Å². The molecule has 0 aliphatic carbocycles. The molecule has 2 aromatic rings. The van der Waals surface area contributed by atoms with Crippen LogP contribution in [0.1, 0.15) is 16.7 Å². The highest BCUT2D eigenvalue weighted by Crippen LogP contribution is 2.34. The van der Waals surface area contributed by atoms with E-state index in [9.17, 15) is 4.39 Å². The van der Waals surface area contributed by atoms with Crippen molar-refractivity contribution in [3.8, 4) is 23.6 Å². The maximum absolute atomic E-state index is 14.2. The average Bonchev–Trinajstić information content (AvgIpc) is 2.51. The third kappa shape index (κ3) is 3.11. The van der Waals surface area contributed by atoms with E-state index in [0.717, 1.165) is 0 Å². The lowest BCUT2D eigenvalue weighted by molar-refractivity contribution is 0.438. The van der Waals surface area contributed by atoms with Gasteiger partial charge >= 0.3 is 0 Å². The Morgan fingerprint density at radius 2 is 1.76 bits per heavy atom. The Morgan fingerprint density at radius 3 is 2.29 bits per heavy atom. The van der Waals surface area contributed by atoms with E-state index in [-0.39, 0.29) is 39.8 Å². The van der Waals surface area contributed by atoms with Gasteiger partial charge in [-0.3, -0.25) is 0 Å². The number of halogens is 2. The SMILES string of the molecule is N#Cc1cc(C#N)cc(Oc2c(Cl)ccc(CN)c2F)c1. The lowest BCUT2D eigenvalue weighted by atomic mass is 10.1. The fourth-order valence-electron chi connectivity index (χ4n) is 1.73. The molecular formula is C15H9ClFN3O. The second-order valence-electron chi connectivity index (χ2n) is 4.13. The minimum Gasteiger partial charge on any atom is -0.453 e. The topological polar surface area (TPSA) is 82.8 Å². The van der Waals surface area contributed by atoms with E-state index in [1.807, 2.05) is 12.1 Å². The van der Waals surface area contributed by atoms with Crippen LogP contribution in [-0.4, -0.2) is 0 Å². The lowest BCUT2D eigenvalue weighted by Crippen LogP contribution is -2.02. The molecule has 0 saturated heterocycles. The summed E-state index contributed by atoms with van der Waals surface area (Å²) in [5.41, 5.74) is 6.15. The molecule has 2 N–H and O–H groups in total. The number of nitriles is 2. The van der Waals surface area contributed by atoms with Crippen LogP contribution in [-0.2, 0) is 6.54 Å². The molecule has 0 aliphatic heterocycles. The standard InChI is InChI=1S/C15H9ClFN3O/c16-13-2-1-11(8-20)14(17)15(13)21-12-4-9(6-18)3-10(5-12)7-19/h1-5H,8,20H2. The van der Waals surface area contributed by atoms with E-state index in [2.05, 4.69) is 0 Å². The molecule has 0 radical (unpaired) electrons. The van der Waals surface area contributed by atoms with Gasteiger partial charge in [0.05, 0.1) is 28.3 Å². The maximum atomic E-state index is 14.2. The van der Waals surface area contributed by atoms with E-state index >= 15 is 0 Å². The zero-order chi connectivity index (χ0) is 15.4. The molecule has 0 bridgehead atoms. The summed E-state index contributed by atoms with van der Waals surface area (Å²) in [4.78, 5) is 0. The first kappa shape index (κ1) is 14.8. The predicted molar refractivity (Wildman–Crippen MR) is 75.2 cm³/mol. The predicted octanol–water partition coefficient (Wildman–Crippen LogP) is 3.47. The number of benzene rings is 2. The molecule has 4 nitrogen and oxygen atoms in total. The minimum absolute atomic E-state index is 0.00103. The van der Waals surface area contributed by atoms with Crippen molar-refractivity contribution in [3.63, 3.8) is 0 Å². The molecule has 0 heterocycles. The fraction of sp³-hybridized carbons (Fsp3) is 0.0667. The van der Waals surface area contributed by atoms with Gasteiger partial charge in [0.15, 0.2) is 11.6 Å². The van der Waals surface area contributed by atoms with Gasteiger partial charge in [0.25, 0.3) is 0 Å². The van der Waals surface area contributed by atoms with Crippen molar-refractivity contribution in [3.05, 3.63) is 57.9 Å². The molecule has 2 aromatic carbocycles. The van der Waals surface area contributed by atoms with Crippen molar-refractivity contribution < 1.29 is 9.13 Å². The second kappa shape index (κ2) is 6.23. The molecule has 0 unspecified atom stereocenters. The highest BCUT2D eigenvalue weighted by Gasteiger charge is 2.14. The Hall–Kier alpha value is -2.60. The highest BCUT2D eigenvalue weighted by molar-refractivity contribution is 6.32. The van der Waals surface area contributed by atoms with Gasteiger partial charge in [-0.05, 0) is 24.3 Å². The summed E-state index contributed by atoms with van der Waals surface area (Å²) in [7, 11) is 0. The van der Waals surface area contributed by atoms with Gasteiger partial charge in [0.2, 0.25) is 0 Å². The van der Waals surface area contributed by atoms with Gasteiger partial charge in [-0.15, -0.1) is 0 Å². The first-order valence-corrected chi connectivity index (χ1v) is 6.27. The van der Waals surface area contributed by atoms with Crippen LogP contribution in [0.25, 0.3) is 0 Å². The first-order chi connectivity index (χ1) is 10.1. The fourth-order valence-corrected chi connectivity index (χ4v) is 1.91. The summed E-state index contributed by atoms with van der Waals surface area (Å²) < 4.78 is 19.6. The van der Waals surface area contributed by atoms with Gasteiger partial charge in [-0.1, -0.05) is 17.7 Å². The molecule has 0 atom stereocenters. The maximum Gasteiger partial charge on any atom is 0.181 e. The summed E-state index contributed by atoms with van der Waals surface area (Å²) in [5.74, 6) is -0.690. The van der Waals surface area contributed by atoms with Crippen LogP contribution in [0.3, 0.4) is 0 Å². The molecule has 0 aliphatic rings. The normalized spacial score (nSPS) is 9.76. The van der Waals surface area contributed by atoms with Gasteiger partial charge in [-0.2, -0.15) is 10.5 Å². The zero-order valence-electron chi connectivity index (χ0n) is 10.7. The Bertz CT molecular complexity index is 745. The van der Waals surface area contributed by atoms with Gasteiger partial charge < -0.3 is 10.5 Å². The van der Waals surface area contributed by atoms with Crippen molar-refractivity contribution in [2.45, 2.75) is 6.54 Å². The Balaban J connectivity index is 2.48. The van der Waals surface area contributed by atoms with Crippen LogP contribution in [0.4, 0.5) is 4.39 Å². The number of rotatable bonds is 3. The van der Waals surface area contributed by atoms with E-state index in [0.29, 0.717) is 0 Å². The van der Waals surface area contributed by atoms with E-state index in [1.54, 1.807) is 0 Å². The molecule has 6 heteroatoms. The molecule has 0 spiro atoms. The zero-order valence-corrected chi connectivity index (χ0v) is 11.5. The van der Waals surface area contributed by atoms with Crippen molar-refractivity contribution in [2.24, 2.45) is 5.73 Å². The lowest BCUT2D eigenvalue weighted by Gasteiger charge is -2.11. The third-order valence-electron chi connectivity index (χ3n) is 2.73. The van der Waals surface area contributed by atoms with Crippen LogP contribution < -0.4 is 10.5 Å². The monoisotopic (exact) mass is 301 g/mol. The Labute approximate surface area is 125 Å². The van der Waals surface area contributed by atoms with Crippen LogP contribution >= 0.6 is 11.6 Å². The summed E-state index contributed by atoms with van der Waals surface area (Å²) in [6, 6.07) is 10.9. The summed E-state index contributed by atoms with van der Waals surface area (Å²) in [6.07, 6.45) is 0. The summed E-state index contributed by atoms with van der Waals surface area (Å²) >= 11 is 5.92. The van der Waals surface area contributed by atoms with Crippen molar-refractivity contribution in [1.82, 2.24) is 0 Å². The largest absolute Gasteiger partial charge is 0.453 e. The minimum atomic E-state index is -0.661. The first-order valence-electron chi connectivity index (χ1n) is 5.89. The molecular weight excluding hydrogens is 293 g/mol. The van der Waals surface area contributed by atoms with Crippen LogP contribution in [0.15, 0.2) is 30.3 Å². The summed E-state index contributed by atoms with van der Waals surface area (Å²) in [5, 5.41) is 17.9. The Morgan fingerprint density at radius 1 is 1.14 bits per heavy atom. The second-order valence-corrected chi connectivity index (χ2v) is 4.53. The third-order valence-corrected chi connectivity index (χ3v) is 3.03. The van der Waals surface area contributed by atoms with Gasteiger partial charge in [-0.25, -0.2) is 4.39 Å². The number of nitrogens with two attached hydrogens (primary N) is 1. The van der Waals surface area contributed by atoms with Crippen LogP contribution in [0.2, 0.25) is 5.02 Å². The van der Waals surface area contributed by atoms with Crippen molar-refractivity contribution >= 4 is 11.6 Å². The molecule has 0 fully saturated rings. The number of hydrogen-bond donors (Lipinski definition) is 1. The van der Waals surface area contributed by atoms with Crippen molar-refractivity contribution in [1.29, 1.82) is 10.5 Å². The van der Waals surface area contributed by atoms with Crippen LogP contribution in [0, 0.1) is 28.5 Å². The highest BCUT2D eigenvalue weighted by atomic mass is 35.5. The average molecular weight is 302 g/mol. The molecule has 2 rings (SSSR count). The molecule has 0 amide bonds. The van der Waals surface area contributed by atoms with E-state index in [4.69, 9.17) is 32.6 Å². The van der Waals surface area contributed by atoms with Gasteiger partial charge in [0, 0.05) is 12.1 Å². The van der Waals surface area contributed by atoms with Gasteiger partial charge in [0.1, 0.15) is 5.75 Å². The Kier molecular flexibility index (Phi) is 4.39. The van der Waals surface area contributed by atoms with Crippen molar-refractivity contribution in [2.75, 3.05) is 0 Å². The molecule has 21 heavy (non-hydrogen) atoms. The summed E-state index contributed by atoms with van der Waals surface area (Å²) in [6.45, 7) is 0.00103. The number of hydrogen-bond acceptors (Lipinski definition) is 4. The number of nitrogens with zero attached hydrogens (tertiary/aromatic N) is 2. The van der Waals surface area contributed by atoms with E-state index < -0.39 is 5.82 Å². The molecule has 104 valence electrons. The quantitative estimate of drug-likeness (QED) is 0.941. The molecule has 0 aromatic heterocycles. The molecule has 0 saturated carbocycles. The smallest absolute Gasteiger partial charge is 0.181 e. The number of ether oxygens (including phenoxy) is 1. The van der Waals surface area contributed by atoms with E-state index in [1.165, 1.54) is 30.3 Å².